The SMILES string of the molecule is C[C@@H](C(=O)NCC(=O)O)n1cnc2ccccc2c1=O. The number of aromatic nitrogens is 2. The van der Waals surface area contributed by atoms with E-state index in [-0.39, 0.29) is 5.56 Å². The molecule has 0 fully saturated rings. The molecule has 7 heteroatoms. The van der Waals surface area contributed by atoms with E-state index in [1.54, 1.807) is 24.3 Å². The van der Waals surface area contributed by atoms with Crippen molar-refractivity contribution in [2.75, 3.05) is 6.54 Å². The van der Waals surface area contributed by atoms with E-state index < -0.39 is 24.5 Å². The molecule has 0 bridgehead atoms. The lowest BCUT2D eigenvalue weighted by molar-refractivity contribution is -0.138. The molecule has 2 N–H and O–H groups in total. The molecule has 0 aliphatic carbocycles. The minimum absolute atomic E-state index is 0.339. The zero-order valence-corrected chi connectivity index (χ0v) is 10.7. The summed E-state index contributed by atoms with van der Waals surface area (Å²) in [6, 6.07) is 5.98. The van der Waals surface area contributed by atoms with Crippen molar-refractivity contribution in [1.82, 2.24) is 14.9 Å². The highest BCUT2D eigenvalue weighted by Gasteiger charge is 2.17. The lowest BCUT2D eigenvalue weighted by Gasteiger charge is -2.14. The molecule has 2 aromatic rings. The minimum Gasteiger partial charge on any atom is -0.480 e. The fraction of sp³-hybridized carbons (Fsp3) is 0.231. The lowest BCUT2D eigenvalue weighted by atomic mass is 10.2. The molecular weight excluding hydrogens is 262 g/mol. The Hall–Kier alpha value is -2.70. The third kappa shape index (κ3) is 2.66. The number of aliphatic carboxylic acids is 1. The van der Waals surface area contributed by atoms with Crippen LogP contribution in [0.5, 0.6) is 0 Å². The van der Waals surface area contributed by atoms with E-state index in [0.717, 1.165) is 0 Å². The van der Waals surface area contributed by atoms with Crippen molar-refractivity contribution >= 4 is 22.8 Å². The fourth-order valence-electron chi connectivity index (χ4n) is 1.80. The number of carbonyl (C=O) groups is 2. The molecule has 1 heterocycles. The van der Waals surface area contributed by atoms with Crippen molar-refractivity contribution in [2.45, 2.75) is 13.0 Å². The van der Waals surface area contributed by atoms with Gasteiger partial charge in [0.2, 0.25) is 5.91 Å². The summed E-state index contributed by atoms with van der Waals surface area (Å²) in [4.78, 5) is 38.5. The molecule has 20 heavy (non-hydrogen) atoms. The fourth-order valence-corrected chi connectivity index (χ4v) is 1.80. The number of carboxylic acids is 1. The predicted octanol–water partition coefficient (Wildman–Crippen LogP) is 0.158. The number of carboxylic acid groups (broad SMARTS) is 1. The van der Waals surface area contributed by atoms with Crippen LogP contribution in [0.1, 0.15) is 13.0 Å². The molecule has 0 radical (unpaired) electrons. The number of fused-ring (bicyclic) bond motifs is 1. The highest BCUT2D eigenvalue weighted by molar-refractivity contribution is 5.84. The maximum Gasteiger partial charge on any atom is 0.322 e. The predicted molar refractivity (Wildman–Crippen MR) is 71.4 cm³/mol. The molecule has 0 saturated carbocycles. The van der Waals surface area contributed by atoms with Crippen molar-refractivity contribution in [3.05, 3.63) is 40.9 Å². The standard InChI is InChI=1S/C13H13N3O4/c1-8(12(19)14-6-11(17)18)16-7-15-10-5-3-2-4-9(10)13(16)20/h2-5,7-8H,6H2,1H3,(H,14,19)(H,17,18)/t8-/m0/s1. The molecule has 1 aromatic heterocycles. The van der Waals surface area contributed by atoms with Gasteiger partial charge in [-0.05, 0) is 19.1 Å². The monoisotopic (exact) mass is 275 g/mol. The van der Waals surface area contributed by atoms with Gasteiger partial charge in [0, 0.05) is 0 Å². The summed E-state index contributed by atoms with van der Waals surface area (Å²) in [7, 11) is 0. The third-order valence-corrected chi connectivity index (χ3v) is 2.90. The second-order valence-electron chi connectivity index (χ2n) is 4.26. The Bertz CT molecular complexity index is 723. The maximum absolute atomic E-state index is 12.2. The second-order valence-corrected chi connectivity index (χ2v) is 4.26. The average molecular weight is 275 g/mol. The number of benzene rings is 1. The van der Waals surface area contributed by atoms with Crippen LogP contribution in [0, 0.1) is 0 Å². The van der Waals surface area contributed by atoms with Gasteiger partial charge < -0.3 is 10.4 Å². The molecule has 0 unspecified atom stereocenters. The summed E-state index contributed by atoms with van der Waals surface area (Å²) < 4.78 is 1.18. The number of hydrogen-bond donors (Lipinski definition) is 2. The Morgan fingerprint density at radius 2 is 2.10 bits per heavy atom. The average Bonchev–Trinajstić information content (AvgIpc) is 2.44. The smallest absolute Gasteiger partial charge is 0.322 e. The molecule has 104 valence electrons. The molecule has 7 nitrogen and oxygen atoms in total. The van der Waals surface area contributed by atoms with Crippen molar-refractivity contribution < 1.29 is 14.7 Å². The Labute approximate surface area is 113 Å². The number of carbonyl (C=O) groups excluding carboxylic acids is 1. The zero-order chi connectivity index (χ0) is 14.7. The highest BCUT2D eigenvalue weighted by atomic mass is 16.4. The molecule has 2 rings (SSSR count). The van der Waals surface area contributed by atoms with Crippen LogP contribution in [0.25, 0.3) is 10.9 Å². The maximum atomic E-state index is 12.2. The normalized spacial score (nSPS) is 12.1. The first-order valence-corrected chi connectivity index (χ1v) is 5.96. The molecule has 1 aromatic carbocycles. The number of hydrogen-bond acceptors (Lipinski definition) is 4. The van der Waals surface area contributed by atoms with Gasteiger partial charge in [-0.1, -0.05) is 12.1 Å². The Kier molecular flexibility index (Phi) is 3.79. The largest absolute Gasteiger partial charge is 0.480 e. The number of para-hydroxylation sites is 1. The Morgan fingerprint density at radius 3 is 2.80 bits per heavy atom. The van der Waals surface area contributed by atoms with Gasteiger partial charge in [0.05, 0.1) is 17.2 Å². The van der Waals surface area contributed by atoms with Crippen LogP contribution in [0.3, 0.4) is 0 Å². The van der Waals surface area contributed by atoms with Gasteiger partial charge in [0.25, 0.3) is 5.56 Å². The van der Waals surface area contributed by atoms with E-state index in [1.165, 1.54) is 17.8 Å². The van der Waals surface area contributed by atoms with Crippen LogP contribution in [-0.2, 0) is 9.59 Å². The number of amides is 1. The minimum atomic E-state index is -1.14. The highest BCUT2D eigenvalue weighted by Crippen LogP contribution is 2.08. The van der Waals surface area contributed by atoms with Gasteiger partial charge in [0.1, 0.15) is 12.6 Å². The van der Waals surface area contributed by atoms with Gasteiger partial charge in [-0.25, -0.2) is 4.98 Å². The Morgan fingerprint density at radius 1 is 1.40 bits per heavy atom. The van der Waals surface area contributed by atoms with E-state index in [1.807, 2.05) is 0 Å². The molecule has 0 saturated heterocycles. The summed E-state index contributed by atoms with van der Waals surface area (Å²) in [5.41, 5.74) is 0.209. The molecule has 0 aliphatic rings. The summed E-state index contributed by atoms with van der Waals surface area (Å²) in [6.45, 7) is 1.02. The zero-order valence-electron chi connectivity index (χ0n) is 10.7. The third-order valence-electron chi connectivity index (χ3n) is 2.90. The van der Waals surface area contributed by atoms with Crippen molar-refractivity contribution in [3.8, 4) is 0 Å². The van der Waals surface area contributed by atoms with Crippen LogP contribution in [-0.4, -0.2) is 33.1 Å². The molecule has 1 amide bonds. The number of nitrogens with one attached hydrogen (secondary N) is 1. The quantitative estimate of drug-likeness (QED) is 0.827. The summed E-state index contributed by atoms with van der Waals surface area (Å²) in [5.74, 6) is -1.69. The van der Waals surface area contributed by atoms with E-state index in [0.29, 0.717) is 10.9 Å². The second kappa shape index (κ2) is 5.52. The van der Waals surface area contributed by atoms with Crippen molar-refractivity contribution in [3.63, 3.8) is 0 Å². The first-order valence-electron chi connectivity index (χ1n) is 5.96. The first-order chi connectivity index (χ1) is 9.50. The molecular formula is C13H13N3O4. The molecule has 0 spiro atoms. The van der Waals surface area contributed by atoms with Crippen molar-refractivity contribution in [1.29, 1.82) is 0 Å². The van der Waals surface area contributed by atoms with Crippen LogP contribution in [0.4, 0.5) is 0 Å². The van der Waals surface area contributed by atoms with E-state index in [2.05, 4.69) is 10.3 Å². The Balaban J connectivity index is 2.33. The summed E-state index contributed by atoms with van der Waals surface area (Å²) in [5, 5.41) is 11.2. The first kappa shape index (κ1) is 13.7. The van der Waals surface area contributed by atoms with Gasteiger partial charge in [-0.3, -0.25) is 19.0 Å². The topological polar surface area (TPSA) is 101 Å². The number of rotatable bonds is 4. The summed E-state index contributed by atoms with van der Waals surface area (Å²) >= 11 is 0. The number of nitrogens with zero attached hydrogens (tertiary/aromatic N) is 2. The van der Waals surface area contributed by atoms with Gasteiger partial charge in [-0.2, -0.15) is 0 Å². The van der Waals surface area contributed by atoms with Crippen LogP contribution >= 0.6 is 0 Å². The van der Waals surface area contributed by atoms with Gasteiger partial charge in [-0.15, -0.1) is 0 Å². The van der Waals surface area contributed by atoms with Gasteiger partial charge >= 0.3 is 5.97 Å². The van der Waals surface area contributed by atoms with Crippen molar-refractivity contribution in [2.24, 2.45) is 0 Å². The molecule has 0 aliphatic heterocycles. The van der Waals surface area contributed by atoms with Crippen LogP contribution in [0.2, 0.25) is 0 Å². The van der Waals surface area contributed by atoms with E-state index in [9.17, 15) is 14.4 Å². The molecule has 1 atom stereocenters. The van der Waals surface area contributed by atoms with E-state index >= 15 is 0 Å². The summed E-state index contributed by atoms with van der Waals surface area (Å²) in [6.07, 6.45) is 1.29. The lowest BCUT2D eigenvalue weighted by Crippen LogP contribution is -2.38. The van der Waals surface area contributed by atoms with E-state index in [4.69, 9.17) is 5.11 Å². The van der Waals surface area contributed by atoms with Gasteiger partial charge in [0.15, 0.2) is 0 Å². The van der Waals surface area contributed by atoms with Crippen LogP contribution in [0.15, 0.2) is 35.4 Å². The van der Waals surface area contributed by atoms with Crippen LogP contribution < -0.4 is 10.9 Å².